The number of hydrogen-bond acceptors (Lipinski definition) is 5. The zero-order chi connectivity index (χ0) is 16.6. The van der Waals surface area contributed by atoms with Crippen LogP contribution in [0.2, 0.25) is 0 Å². The Balaban J connectivity index is 1.48. The van der Waals surface area contributed by atoms with Crippen LogP contribution in [0.3, 0.4) is 0 Å². The van der Waals surface area contributed by atoms with Gasteiger partial charge in [-0.05, 0) is 17.7 Å². The van der Waals surface area contributed by atoms with Crippen LogP contribution in [0.1, 0.15) is 5.56 Å². The van der Waals surface area contributed by atoms with E-state index in [1.165, 1.54) is 5.56 Å². The van der Waals surface area contributed by atoms with Gasteiger partial charge in [0.05, 0.1) is 11.5 Å². The van der Waals surface area contributed by atoms with Gasteiger partial charge >= 0.3 is 0 Å². The lowest BCUT2D eigenvalue weighted by Crippen LogP contribution is -2.39. The van der Waals surface area contributed by atoms with Gasteiger partial charge in [-0.15, -0.1) is 5.10 Å². The minimum atomic E-state index is -2.82. The summed E-state index contributed by atoms with van der Waals surface area (Å²) in [6, 6.07) is 13.9. The molecule has 1 fully saturated rings. The van der Waals surface area contributed by atoms with Gasteiger partial charge in [0.1, 0.15) is 0 Å². The summed E-state index contributed by atoms with van der Waals surface area (Å²) in [6.45, 7) is 1.99. The molecule has 0 unspecified atom stereocenters. The molecule has 1 saturated heterocycles. The topological polar surface area (TPSA) is 67.6 Å². The SMILES string of the molecule is O=S1(=O)CCN(Cc2ccc(-c3nc4ccccn4n3)cc2)CC1. The van der Waals surface area contributed by atoms with E-state index in [1.807, 2.05) is 36.5 Å². The molecule has 0 N–H and O–H groups in total. The molecule has 3 aromatic rings. The molecule has 0 radical (unpaired) electrons. The highest BCUT2D eigenvalue weighted by atomic mass is 32.2. The first-order valence-electron chi connectivity index (χ1n) is 7.93. The van der Waals surface area contributed by atoms with E-state index in [-0.39, 0.29) is 11.5 Å². The highest BCUT2D eigenvalue weighted by Gasteiger charge is 2.21. The molecule has 4 rings (SSSR count). The third kappa shape index (κ3) is 3.18. The van der Waals surface area contributed by atoms with E-state index in [1.54, 1.807) is 4.52 Å². The molecular weight excluding hydrogens is 324 g/mol. The number of hydrogen-bond donors (Lipinski definition) is 0. The molecule has 1 aliphatic heterocycles. The predicted octanol–water partition coefficient (Wildman–Crippen LogP) is 1.63. The Morgan fingerprint density at radius 2 is 1.75 bits per heavy atom. The van der Waals surface area contributed by atoms with Crippen LogP contribution in [-0.2, 0) is 16.4 Å². The first-order valence-corrected chi connectivity index (χ1v) is 9.75. The Morgan fingerprint density at radius 3 is 2.46 bits per heavy atom. The molecule has 0 atom stereocenters. The number of aromatic nitrogens is 3. The van der Waals surface area contributed by atoms with E-state index in [0.717, 1.165) is 17.8 Å². The number of sulfone groups is 1. The minimum Gasteiger partial charge on any atom is -0.297 e. The van der Waals surface area contributed by atoms with E-state index in [2.05, 4.69) is 27.1 Å². The van der Waals surface area contributed by atoms with Gasteiger partial charge in [-0.1, -0.05) is 30.3 Å². The minimum absolute atomic E-state index is 0.260. The summed E-state index contributed by atoms with van der Waals surface area (Å²) in [7, 11) is -2.82. The van der Waals surface area contributed by atoms with Crippen LogP contribution >= 0.6 is 0 Å². The normalized spacial score (nSPS) is 18.0. The molecule has 1 aliphatic rings. The van der Waals surface area contributed by atoms with Gasteiger partial charge in [0.25, 0.3) is 0 Å². The Bertz CT molecular complexity index is 917. The molecule has 0 saturated carbocycles. The van der Waals surface area contributed by atoms with Crippen molar-refractivity contribution >= 4 is 15.5 Å². The quantitative estimate of drug-likeness (QED) is 0.724. The molecule has 3 heterocycles. The molecule has 0 bridgehead atoms. The van der Waals surface area contributed by atoms with Gasteiger partial charge in [-0.25, -0.2) is 17.9 Å². The Labute approximate surface area is 140 Å². The van der Waals surface area contributed by atoms with Crippen molar-refractivity contribution in [1.82, 2.24) is 19.5 Å². The van der Waals surface area contributed by atoms with E-state index in [4.69, 9.17) is 0 Å². The number of fused-ring (bicyclic) bond motifs is 1. The second-order valence-corrected chi connectivity index (χ2v) is 8.37. The average Bonchev–Trinajstić information content (AvgIpc) is 3.01. The first-order chi connectivity index (χ1) is 11.6. The summed E-state index contributed by atoms with van der Waals surface area (Å²) in [5.41, 5.74) is 2.97. The van der Waals surface area contributed by atoms with Crippen molar-refractivity contribution in [2.75, 3.05) is 24.6 Å². The van der Waals surface area contributed by atoms with Crippen LogP contribution in [0.4, 0.5) is 0 Å². The molecule has 0 amide bonds. The molecule has 0 spiro atoms. The maximum absolute atomic E-state index is 11.5. The highest BCUT2D eigenvalue weighted by molar-refractivity contribution is 7.91. The monoisotopic (exact) mass is 342 g/mol. The highest BCUT2D eigenvalue weighted by Crippen LogP contribution is 2.18. The van der Waals surface area contributed by atoms with Gasteiger partial charge in [-0.3, -0.25) is 4.90 Å². The summed E-state index contributed by atoms with van der Waals surface area (Å²) in [6.07, 6.45) is 1.88. The van der Waals surface area contributed by atoms with Crippen molar-refractivity contribution in [2.45, 2.75) is 6.54 Å². The summed E-state index contributed by atoms with van der Waals surface area (Å²) in [4.78, 5) is 6.70. The lowest BCUT2D eigenvalue weighted by Gasteiger charge is -2.26. The maximum Gasteiger partial charge on any atom is 0.182 e. The largest absolute Gasteiger partial charge is 0.297 e. The predicted molar refractivity (Wildman–Crippen MR) is 92.4 cm³/mol. The van der Waals surface area contributed by atoms with Crippen LogP contribution in [0, 0.1) is 0 Å². The zero-order valence-corrected chi connectivity index (χ0v) is 14.0. The molecule has 0 aliphatic carbocycles. The second kappa shape index (κ2) is 5.99. The van der Waals surface area contributed by atoms with Gasteiger partial charge in [0, 0.05) is 31.4 Å². The van der Waals surface area contributed by atoms with Crippen LogP contribution in [0.5, 0.6) is 0 Å². The third-order valence-electron chi connectivity index (χ3n) is 4.30. The number of rotatable bonds is 3. The van der Waals surface area contributed by atoms with Crippen LogP contribution in [0.15, 0.2) is 48.7 Å². The summed E-state index contributed by atoms with van der Waals surface area (Å²) < 4.78 is 24.7. The maximum atomic E-state index is 11.5. The van der Waals surface area contributed by atoms with Crippen molar-refractivity contribution in [3.05, 3.63) is 54.2 Å². The van der Waals surface area contributed by atoms with Crippen LogP contribution in [0.25, 0.3) is 17.0 Å². The lowest BCUT2D eigenvalue weighted by molar-refractivity contribution is 0.287. The van der Waals surface area contributed by atoms with Crippen molar-refractivity contribution in [2.24, 2.45) is 0 Å². The average molecular weight is 342 g/mol. The van der Waals surface area contributed by atoms with Gasteiger partial charge in [0.15, 0.2) is 21.3 Å². The van der Waals surface area contributed by atoms with E-state index in [9.17, 15) is 8.42 Å². The number of benzene rings is 1. The molecular formula is C17H18N4O2S. The van der Waals surface area contributed by atoms with Gasteiger partial charge < -0.3 is 0 Å². The van der Waals surface area contributed by atoms with Crippen molar-refractivity contribution in [3.8, 4) is 11.4 Å². The van der Waals surface area contributed by atoms with Gasteiger partial charge in [0.2, 0.25) is 0 Å². The second-order valence-electron chi connectivity index (χ2n) is 6.06. The number of nitrogens with zero attached hydrogens (tertiary/aromatic N) is 4. The van der Waals surface area contributed by atoms with Crippen LogP contribution in [-0.4, -0.2) is 52.5 Å². The fraction of sp³-hybridized carbons (Fsp3) is 0.294. The molecule has 6 nitrogen and oxygen atoms in total. The number of pyridine rings is 1. The van der Waals surface area contributed by atoms with E-state index >= 15 is 0 Å². The summed E-state index contributed by atoms with van der Waals surface area (Å²) in [5.74, 6) is 1.23. The van der Waals surface area contributed by atoms with Crippen molar-refractivity contribution in [1.29, 1.82) is 0 Å². The zero-order valence-electron chi connectivity index (χ0n) is 13.2. The summed E-state index contributed by atoms with van der Waals surface area (Å²) in [5, 5.41) is 4.47. The smallest absolute Gasteiger partial charge is 0.182 e. The first kappa shape index (κ1) is 15.3. The van der Waals surface area contributed by atoms with Crippen molar-refractivity contribution in [3.63, 3.8) is 0 Å². The van der Waals surface area contributed by atoms with E-state index in [0.29, 0.717) is 18.9 Å². The fourth-order valence-electron chi connectivity index (χ4n) is 2.88. The molecule has 1 aromatic carbocycles. The standard InChI is InChI=1S/C17H18N4O2S/c22-24(23)11-9-20(10-12-24)13-14-4-6-15(7-5-14)17-18-16-3-1-2-8-21(16)19-17/h1-8H,9-13H2. The Morgan fingerprint density at radius 1 is 1.00 bits per heavy atom. The Kier molecular flexibility index (Phi) is 3.82. The van der Waals surface area contributed by atoms with Gasteiger partial charge in [-0.2, -0.15) is 0 Å². The third-order valence-corrected chi connectivity index (χ3v) is 5.91. The molecule has 124 valence electrons. The fourth-order valence-corrected chi connectivity index (χ4v) is 4.16. The van der Waals surface area contributed by atoms with Crippen molar-refractivity contribution < 1.29 is 8.42 Å². The molecule has 7 heteroatoms. The molecule has 2 aromatic heterocycles. The lowest BCUT2D eigenvalue weighted by atomic mass is 10.1. The van der Waals surface area contributed by atoms with Crippen LogP contribution < -0.4 is 0 Å². The summed E-state index contributed by atoms with van der Waals surface area (Å²) >= 11 is 0. The molecule has 24 heavy (non-hydrogen) atoms. The van der Waals surface area contributed by atoms with E-state index < -0.39 is 9.84 Å². The Hall–Kier alpha value is -2.25.